The highest BCUT2D eigenvalue weighted by Crippen LogP contribution is 2.21. The van der Waals surface area contributed by atoms with Crippen LogP contribution in [0.5, 0.6) is 5.75 Å². The Labute approximate surface area is 188 Å². The van der Waals surface area contributed by atoms with Gasteiger partial charge in [0.1, 0.15) is 18.5 Å². The molecular weight excluding hydrogens is 410 g/mol. The van der Waals surface area contributed by atoms with E-state index in [0.29, 0.717) is 11.7 Å². The van der Waals surface area contributed by atoms with Gasteiger partial charge >= 0.3 is 0 Å². The van der Waals surface area contributed by atoms with Crippen LogP contribution in [0.25, 0.3) is 0 Å². The molecule has 0 amide bonds. The normalized spacial score (nSPS) is 17.2. The van der Waals surface area contributed by atoms with Crippen LogP contribution in [-0.4, -0.2) is 60.9 Å². The second kappa shape index (κ2) is 11.3. The molecule has 1 fully saturated rings. The Hall–Kier alpha value is -3.33. The number of non-ortho nitro benzene ring substituents is 1. The van der Waals surface area contributed by atoms with E-state index in [4.69, 9.17) is 4.74 Å². The van der Waals surface area contributed by atoms with E-state index in [1.54, 1.807) is 0 Å². The molecule has 9 nitrogen and oxygen atoms in total. The van der Waals surface area contributed by atoms with Gasteiger partial charge in [-0.1, -0.05) is 17.7 Å². The van der Waals surface area contributed by atoms with Crippen LogP contribution in [-0.2, 0) is 0 Å². The van der Waals surface area contributed by atoms with E-state index in [1.807, 2.05) is 6.92 Å². The number of nitro benzene ring substituents is 1. The summed E-state index contributed by atoms with van der Waals surface area (Å²) in [6, 6.07) is 14.6. The van der Waals surface area contributed by atoms with Crippen molar-refractivity contribution in [3.05, 3.63) is 64.2 Å². The zero-order chi connectivity index (χ0) is 22.9. The number of nitro groups is 1. The molecule has 1 saturated heterocycles. The van der Waals surface area contributed by atoms with Crippen LogP contribution in [0.3, 0.4) is 0 Å². The molecule has 0 radical (unpaired) electrons. The third-order valence-electron chi connectivity index (χ3n) is 5.22. The fraction of sp³-hybridized carbons (Fsp3) is 0.435. The summed E-state index contributed by atoms with van der Waals surface area (Å²) in [6.07, 6.45) is 0.206. The molecule has 2 unspecified atom stereocenters. The number of ether oxygens (including phenoxy) is 1. The van der Waals surface area contributed by atoms with Crippen molar-refractivity contribution in [1.29, 1.82) is 0 Å². The monoisotopic (exact) mass is 441 g/mol. The lowest BCUT2D eigenvalue weighted by atomic mass is 10.2. The minimum absolute atomic E-state index is 0.00305. The van der Waals surface area contributed by atoms with Crippen LogP contribution in [0.15, 0.2) is 53.5 Å². The Morgan fingerprint density at radius 1 is 1.28 bits per heavy atom. The number of rotatable bonds is 9. The third kappa shape index (κ3) is 6.84. The average Bonchev–Trinajstić information content (AvgIpc) is 3.25. The summed E-state index contributed by atoms with van der Waals surface area (Å²) in [5.74, 6) is 1.13. The highest BCUT2D eigenvalue weighted by atomic mass is 16.6. The van der Waals surface area contributed by atoms with Crippen molar-refractivity contribution in [1.82, 2.24) is 10.6 Å². The standard InChI is InChI=1S/C23H31N5O4/c1-3-24-23(26-18-12-13-27(15-18)19-6-4-17(2)5-7-19)25-14-21(29)16-32-22-10-8-20(9-11-22)28(30)31/h4-11,18,21,29H,3,12-16H2,1-2H3,(H2,24,25,26). The number of nitrogens with one attached hydrogen (secondary N) is 2. The van der Waals surface area contributed by atoms with Gasteiger partial charge in [-0.25, -0.2) is 0 Å². The van der Waals surface area contributed by atoms with Crippen molar-refractivity contribution in [2.75, 3.05) is 37.7 Å². The molecular formula is C23H31N5O4. The van der Waals surface area contributed by atoms with E-state index in [9.17, 15) is 15.2 Å². The molecule has 2 atom stereocenters. The molecule has 1 aliphatic heterocycles. The smallest absolute Gasteiger partial charge is 0.269 e. The summed E-state index contributed by atoms with van der Waals surface area (Å²) in [7, 11) is 0. The maximum absolute atomic E-state index is 10.7. The predicted molar refractivity (Wildman–Crippen MR) is 126 cm³/mol. The molecule has 32 heavy (non-hydrogen) atoms. The average molecular weight is 442 g/mol. The van der Waals surface area contributed by atoms with Crippen LogP contribution in [0.4, 0.5) is 11.4 Å². The first kappa shape index (κ1) is 23.3. The van der Waals surface area contributed by atoms with E-state index < -0.39 is 11.0 Å². The summed E-state index contributed by atoms with van der Waals surface area (Å²) in [6.45, 7) is 6.89. The summed E-state index contributed by atoms with van der Waals surface area (Å²) in [4.78, 5) is 17.1. The molecule has 0 aromatic heterocycles. The molecule has 2 aromatic rings. The van der Waals surface area contributed by atoms with Crippen LogP contribution in [0, 0.1) is 17.0 Å². The van der Waals surface area contributed by atoms with E-state index in [-0.39, 0.29) is 24.9 Å². The number of hydrogen-bond donors (Lipinski definition) is 3. The second-order valence-corrected chi connectivity index (χ2v) is 7.85. The van der Waals surface area contributed by atoms with Crippen molar-refractivity contribution in [2.24, 2.45) is 4.99 Å². The molecule has 3 rings (SSSR count). The zero-order valence-corrected chi connectivity index (χ0v) is 18.5. The molecule has 1 aliphatic rings. The first-order chi connectivity index (χ1) is 15.4. The van der Waals surface area contributed by atoms with Crippen LogP contribution in [0.2, 0.25) is 0 Å². The summed E-state index contributed by atoms with van der Waals surface area (Å²) >= 11 is 0. The van der Waals surface area contributed by atoms with Gasteiger partial charge < -0.3 is 25.4 Å². The molecule has 1 heterocycles. The van der Waals surface area contributed by atoms with E-state index in [0.717, 1.165) is 26.1 Å². The van der Waals surface area contributed by atoms with Crippen LogP contribution < -0.4 is 20.3 Å². The van der Waals surface area contributed by atoms with Crippen LogP contribution in [0.1, 0.15) is 18.9 Å². The number of guanidine groups is 1. The Balaban J connectivity index is 1.47. The second-order valence-electron chi connectivity index (χ2n) is 7.85. The molecule has 2 aromatic carbocycles. The number of benzene rings is 2. The largest absolute Gasteiger partial charge is 0.491 e. The SMILES string of the molecule is CCNC(=NCC(O)COc1ccc([N+](=O)[O-])cc1)NC1CCN(c2ccc(C)cc2)C1. The first-order valence-corrected chi connectivity index (χ1v) is 10.9. The molecule has 9 heteroatoms. The maximum atomic E-state index is 10.7. The fourth-order valence-electron chi connectivity index (χ4n) is 3.49. The van der Waals surface area contributed by atoms with Crippen molar-refractivity contribution >= 4 is 17.3 Å². The predicted octanol–water partition coefficient (Wildman–Crippen LogP) is 2.48. The van der Waals surface area contributed by atoms with Crippen molar-refractivity contribution in [3.8, 4) is 5.75 Å². The summed E-state index contributed by atoms with van der Waals surface area (Å²) in [5, 5.41) is 27.6. The number of aliphatic imine (C=N–C) groups is 1. The van der Waals surface area contributed by atoms with Gasteiger partial charge in [0.05, 0.1) is 11.5 Å². The molecule has 172 valence electrons. The first-order valence-electron chi connectivity index (χ1n) is 10.9. The lowest BCUT2D eigenvalue weighted by Gasteiger charge is -2.21. The van der Waals surface area contributed by atoms with E-state index in [1.165, 1.54) is 35.5 Å². The lowest BCUT2D eigenvalue weighted by molar-refractivity contribution is -0.384. The van der Waals surface area contributed by atoms with Gasteiger partial charge in [-0.2, -0.15) is 0 Å². The lowest BCUT2D eigenvalue weighted by Crippen LogP contribution is -2.45. The van der Waals surface area contributed by atoms with Crippen molar-refractivity contribution in [2.45, 2.75) is 32.4 Å². The topological polar surface area (TPSA) is 112 Å². The maximum Gasteiger partial charge on any atom is 0.269 e. The van der Waals surface area contributed by atoms with Crippen molar-refractivity contribution in [3.63, 3.8) is 0 Å². The minimum Gasteiger partial charge on any atom is -0.491 e. The number of aliphatic hydroxyl groups is 1. The van der Waals surface area contributed by atoms with Crippen molar-refractivity contribution < 1.29 is 14.8 Å². The highest BCUT2D eigenvalue weighted by Gasteiger charge is 2.23. The Kier molecular flexibility index (Phi) is 8.27. The van der Waals surface area contributed by atoms with Gasteiger partial charge in [-0.05, 0) is 44.5 Å². The third-order valence-corrected chi connectivity index (χ3v) is 5.22. The zero-order valence-electron chi connectivity index (χ0n) is 18.5. The molecule has 0 aliphatic carbocycles. The van der Waals surface area contributed by atoms with Gasteiger partial charge in [-0.3, -0.25) is 15.1 Å². The molecule has 0 saturated carbocycles. The van der Waals surface area contributed by atoms with Gasteiger partial charge in [0.2, 0.25) is 0 Å². The van der Waals surface area contributed by atoms with E-state index >= 15 is 0 Å². The summed E-state index contributed by atoms with van der Waals surface area (Å²) in [5.41, 5.74) is 2.47. The number of nitrogens with zero attached hydrogens (tertiary/aromatic N) is 3. The molecule has 0 bridgehead atoms. The quantitative estimate of drug-likeness (QED) is 0.237. The number of aryl methyl sites for hydroxylation is 1. The Morgan fingerprint density at radius 3 is 2.66 bits per heavy atom. The van der Waals surface area contributed by atoms with Gasteiger partial charge in [0.25, 0.3) is 5.69 Å². The number of hydrogen-bond acceptors (Lipinski definition) is 6. The molecule has 0 spiro atoms. The van der Waals surface area contributed by atoms with Crippen LogP contribution >= 0.6 is 0 Å². The van der Waals surface area contributed by atoms with Gasteiger partial charge in [0.15, 0.2) is 5.96 Å². The summed E-state index contributed by atoms with van der Waals surface area (Å²) < 4.78 is 5.51. The fourth-order valence-corrected chi connectivity index (χ4v) is 3.49. The van der Waals surface area contributed by atoms with Gasteiger partial charge in [-0.15, -0.1) is 0 Å². The Bertz CT molecular complexity index is 902. The van der Waals surface area contributed by atoms with Gasteiger partial charge in [0, 0.05) is 43.5 Å². The number of anilines is 1. The highest BCUT2D eigenvalue weighted by molar-refractivity contribution is 5.80. The minimum atomic E-state index is -0.798. The van der Waals surface area contributed by atoms with E-state index in [2.05, 4.69) is 51.7 Å². The number of aliphatic hydroxyl groups excluding tert-OH is 1. The Morgan fingerprint density at radius 2 is 2.00 bits per heavy atom. The molecule has 3 N–H and O–H groups in total.